The van der Waals surface area contributed by atoms with Crippen LogP contribution in [-0.2, 0) is 15.8 Å². The van der Waals surface area contributed by atoms with E-state index >= 15 is 0 Å². The van der Waals surface area contributed by atoms with Crippen LogP contribution in [0.3, 0.4) is 0 Å². The third-order valence-electron chi connectivity index (χ3n) is 2.69. The van der Waals surface area contributed by atoms with Gasteiger partial charge in [-0.25, -0.2) is 17.9 Å². The number of nitrogens with one attached hydrogen (secondary N) is 1. The Labute approximate surface area is 123 Å². The number of sulfonamides is 1. The molecule has 5 nitrogen and oxygen atoms in total. The molecule has 0 bridgehead atoms. The van der Waals surface area contributed by atoms with Gasteiger partial charge >= 0.3 is 5.97 Å². The van der Waals surface area contributed by atoms with E-state index in [0.29, 0.717) is 5.56 Å². The van der Waals surface area contributed by atoms with Gasteiger partial charge in [-0.3, -0.25) is 0 Å². The summed E-state index contributed by atoms with van der Waals surface area (Å²) in [4.78, 5) is 10.7. The fourth-order valence-corrected chi connectivity index (χ4v) is 3.70. The molecule has 0 saturated heterocycles. The van der Waals surface area contributed by atoms with Crippen LogP contribution < -0.4 is 4.72 Å². The molecule has 0 amide bonds. The monoisotopic (exact) mass is 317 g/mol. The minimum atomic E-state index is -3.40. The van der Waals surface area contributed by atoms with E-state index in [0.717, 1.165) is 12.2 Å². The average Bonchev–Trinajstić information content (AvgIpc) is 2.35. The van der Waals surface area contributed by atoms with Gasteiger partial charge in [-0.1, -0.05) is 12.1 Å². The zero-order chi connectivity index (χ0) is 15.2. The molecule has 0 fully saturated rings. The third-order valence-corrected chi connectivity index (χ3v) is 4.81. The molecule has 0 spiro atoms. The summed E-state index contributed by atoms with van der Waals surface area (Å²) >= 11 is 1.67. The molecule has 1 atom stereocenters. The number of benzene rings is 1. The van der Waals surface area contributed by atoms with Gasteiger partial charge in [-0.2, -0.15) is 11.8 Å². The summed E-state index contributed by atoms with van der Waals surface area (Å²) in [6.45, 7) is 1.83. The van der Waals surface area contributed by atoms with E-state index in [1.807, 2.05) is 13.2 Å². The van der Waals surface area contributed by atoms with Gasteiger partial charge in [0.05, 0.1) is 11.3 Å². The van der Waals surface area contributed by atoms with Crippen LogP contribution in [0.2, 0.25) is 0 Å². The van der Waals surface area contributed by atoms with E-state index in [2.05, 4.69) is 4.72 Å². The number of aromatic carboxylic acids is 1. The molecule has 1 rings (SSSR count). The van der Waals surface area contributed by atoms with Gasteiger partial charge in [0.2, 0.25) is 10.0 Å². The van der Waals surface area contributed by atoms with Crippen molar-refractivity contribution in [2.45, 2.75) is 25.1 Å². The number of hydrogen-bond acceptors (Lipinski definition) is 4. The first-order valence-corrected chi connectivity index (χ1v) is 9.20. The van der Waals surface area contributed by atoms with Crippen LogP contribution in [0.15, 0.2) is 24.3 Å². The third kappa shape index (κ3) is 5.94. The van der Waals surface area contributed by atoms with Crippen molar-refractivity contribution in [2.75, 3.05) is 12.0 Å². The number of carboxylic acids is 1. The molecular weight excluding hydrogens is 298 g/mol. The van der Waals surface area contributed by atoms with Crippen LogP contribution in [0, 0.1) is 0 Å². The van der Waals surface area contributed by atoms with Gasteiger partial charge in [-0.05, 0) is 43.0 Å². The second-order valence-electron chi connectivity index (χ2n) is 4.56. The quantitative estimate of drug-likeness (QED) is 0.765. The van der Waals surface area contributed by atoms with Gasteiger partial charge in [0, 0.05) is 6.04 Å². The zero-order valence-electron chi connectivity index (χ0n) is 11.5. The molecule has 0 aromatic heterocycles. The molecule has 1 aromatic carbocycles. The predicted molar refractivity (Wildman–Crippen MR) is 81.6 cm³/mol. The minimum absolute atomic E-state index is 0.106. The predicted octanol–water partition coefficient (Wildman–Crippen LogP) is 1.95. The van der Waals surface area contributed by atoms with Crippen molar-refractivity contribution in [3.05, 3.63) is 35.4 Å². The standard InChI is InChI=1S/C13H19NO4S2/c1-10(7-8-19-2)14-20(17,18)9-11-3-5-12(6-4-11)13(15)16/h3-6,10,14H,7-9H2,1-2H3,(H,15,16). The molecule has 0 aliphatic carbocycles. The van der Waals surface area contributed by atoms with Crippen LogP contribution in [0.5, 0.6) is 0 Å². The highest BCUT2D eigenvalue weighted by Crippen LogP contribution is 2.09. The number of thioether (sulfide) groups is 1. The topological polar surface area (TPSA) is 83.5 Å². The second kappa shape index (κ2) is 7.66. The Kier molecular flexibility index (Phi) is 6.51. The first kappa shape index (κ1) is 17.0. The fraction of sp³-hybridized carbons (Fsp3) is 0.462. The molecule has 0 aliphatic rings. The van der Waals surface area contributed by atoms with Crippen LogP contribution in [0.25, 0.3) is 0 Å². The van der Waals surface area contributed by atoms with Crippen molar-refractivity contribution in [3.8, 4) is 0 Å². The molecular formula is C13H19NO4S2. The minimum Gasteiger partial charge on any atom is -0.478 e. The summed E-state index contributed by atoms with van der Waals surface area (Å²) in [6, 6.07) is 5.75. The summed E-state index contributed by atoms with van der Waals surface area (Å²) in [5.41, 5.74) is 0.715. The summed E-state index contributed by atoms with van der Waals surface area (Å²) < 4.78 is 26.5. The van der Waals surface area contributed by atoms with Crippen LogP contribution in [-0.4, -0.2) is 37.5 Å². The average molecular weight is 317 g/mol. The van der Waals surface area contributed by atoms with E-state index in [4.69, 9.17) is 5.11 Å². The Balaban J connectivity index is 2.64. The van der Waals surface area contributed by atoms with Crippen molar-refractivity contribution in [1.82, 2.24) is 4.72 Å². The SMILES string of the molecule is CSCCC(C)NS(=O)(=O)Cc1ccc(C(=O)O)cc1. The molecule has 0 saturated carbocycles. The largest absolute Gasteiger partial charge is 0.478 e. The Bertz CT molecular complexity index is 540. The van der Waals surface area contributed by atoms with Gasteiger partial charge in [0.25, 0.3) is 0 Å². The summed E-state index contributed by atoms with van der Waals surface area (Å²) in [7, 11) is -3.40. The maximum Gasteiger partial charge on any atom is 0.335 e. The Morgan fingerprint density at radius 2 is 1.95 bits per heavy atom. The lowest BCUT2D eigenvalue weighted by molar-refractivity contribution is 0.0697. The molecule has 0 heterocycles. The van der Waals surface area contributed by atoms with E-state index in [9.17, 15) is 13.2 Å². The molecule has 0 aliphatic heterocycles. The van der Waals surface area contributed by atoms with Crippen molar-refractivity contribution < 1.29 is 18.3 Å². The van der Waals surface area contributed by atoms with Crippen LogP contribution in [0.4, 0.5) is 0 Å². The molecule has 0 radical (unpaired) electrons. The van der Waals surface area contributed by atoms with Crippen LogP contribution >= 0.6 is 11.8 Å². The Morgan fingerprint density at radius 1 is 1.35 bits per heavy atom. The van der Waals surface area contributed by atoms with Crippen molar-refractivity contribution in [1.29, 1.82) is 0 Å². The number of carboxylic acid groups (broad SMARTS) is 1. The van der Waals surface area contributed by atoms with Gasteiger partial charge in [0.15, 0.2) is 0 Å². The molecule has 1 aromatic rings. The van der Waals surface area contributed by atoms with E-state index in [-0.39, 0.29) is 17.4 Å². The number of rotatable bonds is 8. The lowest BCUT2D eigenvalue weighted by Gasteiger charge is -2.13. The highest BCUT2D eigenvalue weighted by Gasteiger charge is 2.15. The lowest BCUT2D eigenvalue weighted by atomic mass is 10.1. The lowest BCUT2D eigenvalue weighted by Crippen LogP contribution is -2.33. The van der Waals surface area contributed by atoms with Crippen LogP contribution in [0.1, 0.15) is 29.3 Å². The molecule has 1 unspecified atom stereocenters. The van der Waals surface area contributed by atoms with E-state index < -0.39 is 16.0 Å². The highest BCUT2D eigenvalue weighted by molar-refractivity contribution is 7.98. The normalized spacial score (nSPS) is 13.1. The first-order valence-electron chi connectivity index (χ1n) is 6.15. The van der Waals surface area contributed by atoms with Crippen molar-refractivity contribution >= 4 is 27.8 Å². The highest BCUT2D eigenvalue weighted by atomic mass is 32.2. The van der Waals surface area contributed by atoms with E-state index in [1.54, 1.807) is 11.8 Å². The number of carbonyl (C=O) groups is 1. The summed E-state index contributed by atoms with van der Waals surface area (Å²) in [5, 5.41) is 8.78. The summed E-state index contributed by atoms with van der Waals surface area (Å²) in [5.74, 6) is -0.267. The van der Waals surface area contributed by atoms with Crippen molar-refractivity contribution in [3.63, 3.8) is 0 Å². The zero-order valence-corrected chi connectivity index (χ0v) is 13.1. The number of hydrogen-bond donors (Lipinski definition) is 2. The summed E-state index contributed by atoms with van der Waals surface area (Å²) in [6.07, 6.45) is 2.75. The Hall–Kier alpha value is -1.05. The fourth-order valence-electron chi connectivity index (χ4n) is 1.66. The molecule has 112 valence electrons. The molecule has 2 N–H and O–H groups in total. The Morgan fingerprint density at radius 3 is 2.45 bits per heavy atom. The van der Waals surface area contributed by atoms with Gasteiger partial charge in [-0.15, -0.1) is 0 Å². The smallest absolute Gasteiger partial charge is 0.335 e. The first-order chi connectivity index (χ1) is 9.34. The van der Waals surface area contributed by atoms with E-state index in [1.165, 1.54) is 24.3 Å². The second-order valence-corrected chi connectivity index (χ2v) is 7.30. The van der Waals surface area contributed by atoms with Crippen molar-refractivity contribution in [2.24, 2.45) is 0 Å². The molecule has 20 heavy (non-hydrogen) atoms. The van der Waals surface area contributed by atoms with Gasteiger partial charge < -0.3 is 5.11 Å². The maximum atomic E-state index is 12.0. The molecule has 7 heteroatoms. The maximum absolute atomic E-state index is 12.0. The van der Waals surface area contributed by atoms with Gasteiger partial charge in [0.1, 0.15) is 0 Å².